The summed E-state index contributed by atoms with van der Waals surface area (Å²) in [6.07, 6.45) is 2.72. The van der Waals surface area contributed by atoms with Gasteiger partial charge in [-0.05, 0) is 48.7 Å². The number of nitrogens with zero attached hydrogens (tertiary/aromatic N) is 1. The van der Waals surface area contributed by atoms with Crippen molar-refractivity contribution < 1.29 is 4.74 Å². The van der Waals surface area contributed by atoms with Crippen molar-refractivity contribution in [2.45, 2.75) is 13.3 Å². The predicted octanol–water partition coefficient (Wildman–Crippen LogP) is 4.36. The molecule has 0 amide bonds. The van der Waals surface area contributed by atoms with Crippen molar-refractivity contribution in [2.24, 2.45) is 0 Å². The van der Waals surface area contributed by atoms with Crippen LogP contribution in [0.15, 0.2) is 66.9 Å². The second kappa shape index (κ2) is 6.31. The molecule has 0 saturated heterocycles. The Bertz CT molecular complexity index is 665. The number of rotatable bonds is 4. The van der Waals surface area contributed by atoms with E-state index >= 15 is 0 Å². The third-order valence-electron chi connectivity index (χ3n) is 3.43. The van der Waals surface area contributed by atoms with Crippen molar-refractivity contribution in [3.63, 3.8) is 0 Å². The molecule has 0 unspecified atom stereocenters. The zero-order chi connectivity index (χ0) is 15.4. The maximum absolute atomic E-state index is 5.69. The zero-order valence-electron chi connectivity index (χ0n) is 12.5. The lowest BCUT2D eigenvalue weighted by Crippen LogP contribution is -1.92. The monoisotopic (exact) mass is 290 g/mol. The SMILES string of the molecule is Cc1ccc(Cc2ccc(Oc3ccc(N)cc3)nc2)cc1. The van der Waals surface area contributed by atoms with Gasteiger partial charge in [0.1, 0.15) is 5.75 Å². The van der Waals surface area contributed by atoms with Crippen LogP contribution < -0.4 is 10.5 Å². The number of ether oxygens (including phenoxy) is 1. The van der Waals surface area contributed by atoms with Gasteiger partial charge in [-0.2, -0.15) is 0 Å². The molecule has 0 radical (unpaired) electrons. The average Bonchev–Trinajstić information content (AvgIpc) is 2.54. The van der Waals surface area contributed by atoms with Crippen LogP contribution >= 0.6 is 0 Å². The summed E-state index contributed by atoms with van der Waals surface area (Å²) in [4.78, 5) is 4.36. The molecule has 3 heteroatoms. The number of pyridine rings is 1. The first kappa shape index (κ1) is 14.1. The topological polar surface area (TPSA) is 48.1 Å². The van der Waals surface area contributed by atoms with Gasteiger partial charge >= 0.3 is 0 Å². The molecule has 2 aromatic carbocycles. The summed E-state index contributed by atoms with van der Waals surface area (Å²) < 4.78 is 5.69. The van der Waals surface area contributed by atoms with Gasteiger partial charge in [-0.1, -0.05) is 35.9 Å². The highest BCUT2D eigenvalue weighted by molar-refractivity contribution is 5.42. The number of nitrogen functional groups attached to an aromatic ring is 1. The smallest absolute Gasteiger partial charge is 0.219 e. The molecule has 3 nitrogen and oxygen atoms in total. The number of anilines is 1. The highest BCUT2D eigenvalue weighted by Crippen LogP contribution is 2.21. The molecule has 0 atom stereocenters. The van der Waals surface area contributed by atoms with E-state index in [4.69, 9.17) is 10.5 Å². The van der Waals surface area contributed by atoms with Gasteiger partial charge in [-0.3, -0.25) is 0 Å². The summed E-state index contributed by atoms with van der Waals surface area (Å²) in [6, 6.07) is 19.8. The Kier molecular flexibility index (Phi) is 4.05. The largest absolute Gasteiger partial charge is 0.439 e. The first-order chi connectivity index (χ1) is 10.7. The predicted molar refractivity (Wildman–Crippen MR) is 89.2 cm³/mol. The molecule has 2 N–H and O–H groups in total. The number of hydrogen-bond acceptors (Lipinski definition) is 3. The number of hydrogen-bond donors (Lipinski definition) is 1. The van der Waals surface area contributed by atoms with Crippen LogP contribution in [0.3, 0.4) is 0 Å². The molecular weight excluding hydrogens is 272 g/mol. The molecule has 0 bridgehead atoms. The third-order valence-corrected chi connectivity index (χ3v) is 3.43. The van der Waals surface area contributed by atoms with Gasteiger partial charge in [0.25, 0.3) is 0 Å². The summed E-state index contributed by atoms with van der Waals surface area (Å²) in [7, 11) is 0. The fraction of sp³-hybridized carbons (Fsp3) is 0.105. The molecule has 0 saturated carbocycles. The molecule has 0 aliphatic carbocycles. The van der Waals surface area contributed by atoms with E-state index in [9.17, 15) is 0 Å². The lowest BCUT2D eigenvalue weighted by atomic mass is 10.1. The highest BCUT2D eigenvalue weighted by Gasteiger charge is 2.01. The van der Waals surface area contributed by atoms with Gasteiger partial charge in [0, 0.05) is 18.0 Å². The van der Waals surface area contributed by atoms with Crippen molar-refractivity contribution in [3.05, 3.63) is 83.6 Å². The van der Waals surface area contributed by atoms with E-state index in [1.54, 1.807) is 12.1 Å². The van der Waals surface area contributed by atoms with Crippen LogP contribution in [0.25, 0.3) is 0 Å². The summed E-state index contributed by atoms with van der Waals surface area (Å²) in [6.45, 7) is 2.09. The summed E-state index contributed by atoms with van der Waals surface area (Å²) in [5.41, 5.74) is 10.1. The van der Waals surface area contributed by atoms with Crippen molar-refractivity contribution >= 4 is 5.69 Å². The van der Waals surface area contributed by atoms with Gasteiger partial charge < -0.3 is 10.5 Å². The van der Waals surface area contributed by atoms with Gasteiger partial charge in [0.2, 0.25) is 5.88 Å². The zero-order valence-corrected chi connectivity index (χ0v) is 12.5. The molecule has 0 spiro atoms. The lowest BCUT2D eigenvalue weighted by molar-refractivity contribution is 0.462. The summed E-state index contributed by atoms with van der Waals surface area (Å²) in [5.74, 6) is 1.31. The Morgan fingerprint density at radius 3 is 2.18 bits per heavy atom. The van der Waals surface area contributed by atoms with E-state index in [-0.39, 0.29) is 0 Å². The number of aromatic nitrogens is 1. The lowest BCUT2D eigenvalue weighted by Gasteiger charge is -2.06. The molecular formula is C19H18N2O. The minimum absolute atomic E-state index is 0.581. The minimum Gasteiger partial charge on any atom is -0.439 e. The van der Waals surface area contributed by atoms with E-state index in [2.05, 4.69) is 36.2 Å². The Morgan fingerprint density at radius 1 is 0.864 bits per heavy atom. The Morgan fingerprint density at radius 2 is 1.55 bits per heavy atom. The molecule has 0 fully saturated rings. The summed E-state index contributed by atoms with van der Waals surface area (Å²) >= 11 is 0. The molecule has 0 aliphatic rings. The van der Waals surface area contributed by atoms with Gasteiger partial charge in [0.05, 0.1) is 0 Å². The molecule has 0 aliphatic heterocycles. The molecule has 1 heterocycles. The van der Waals surface area contributed by atoms with Crippen molar-refractivity contribution in [2.75, 3.05) is 5.73 Å². The van der Waals surface area contributed by atoms with Crippen LogP contribution in [0.5, 0.6) is 11.6 Å². The number of nitrogens with two attached hydrogens (primary N) is 1. The van der Waals surface area contributed by atoms with Crippen LogP contribution in [-0.2, 0) is 6.42 Å². The van der Waals surface area contributed by atoms with Gasteiger partial charge in [-0.25, -0.2) is 4.98 Å². The summed E-state index contributed by atoms with van der Waals surface area (Å²) in [5, 5.41) is 0. The van der Waals surface area contributed by atoms with E-state index in [1.807, 2.05) is 30.5 Å². The van der Waals surface area contributed by atoms with Crippen molar-refractivity contribution in [1.82, 2.24) is 4.98 Å². The molecule has 110 valence electrons. The average molecular weight is 290 g/mol. The molecule has 3 aromatic rings. The van der Waals surface area contributed by atoms with E-state index in [1.165, 1.54) is 11.1 Å². The molecule has 1 aromatic heterocycles. The number of aryl methyl sites for hydroxylation is 1. The number of benzene rings is 2. The Labute approximate surface area is 130 Å². The standard InChI is InChI=1S/C19H18N2O/c1-14-2-4-15(5-3-14)12-16-6-11-19(21-13-16)22-18-9-7-17(20)8-10-18/h2-11,13H,12,20H2,1H3. The minimum atomic E-state index is 0.581. The first-order valence-corrected chi connectivity index (χ1v) is 7.23. The highest BCUT2D eigenvalue weighted by atomic mass is 16.5. The van der Waals surface area contributed by atoms with Gasteiger partial charge in [-0.15, -0.1) is 0 Å². The Balaban J connectivity index is 1.67. The van der Waals surface area contributed by atoms with Crippen LogP contribution in [-0.4, -0.2) is 4.98 Å². The van der Waals surface area contributed by atoms with Crippen LogP contribution in [0.2, 0.25) is 0 Å². The van der Waals surface area contributed by atoms with E-state index in [0.29, 0.717) is 11.6 Å². The van der Waals surface area contributed by atoms with E-state index < -0.39 is 0 Å². The van der Waals surface area contributed by atoms with E-state index in [0.717, 1.165) is 17.7 Å². The maximum atomic E-state index is 5.69. The van der Waals surface area contributed by atoms with Crippen LogP contribution in [0.1, 0.15) is 16.7 Å². The second-order valence-electron chi connectivity index (χ2n) is 5.34. The molecule has 22 heavy (non-hydrogen) atoms. The second-order valence-corrected chi connectivity index (χ2v) is 5.34. The van der Waals surface area contributed by atoms with Crippen LogP contribution in [0, 0.1) is 6.92 Å². The fourth-order valence-electron chi connectivity index (χ4n) is 2.17. The molecule has 3 rings (SSSR count). The fourth-order valence-corrected chi connectivity index (χ4v) is 2.17. The van der Waals surface area contributed by atoms with Crippen molar-refractivity contribution in [3.8, 4) is 11.6 Å². The normalized spacial score (nSPS) is 10.4. The maximum Gasteiger partial charge on any atom is 0.219 e. The van der Waals surface area contributed by atoms with Crippen molar-refractivity contribution in [1.29, 1.82) is 0 Å². The Hall–Kier alpha value is -2.81. The third kappa shape index (κ3) is 3.64. The quantitative estimate of drug-likeness (QED) is 0.726. The van der Waals surface area contributed by atoms with Crippen LogP contribution in [0.4, 0.5) is 5.69 Å². The first-order valence-electron chi connectivity index (χ1n) is 7.23. The van der Waals surface area contributed by atoms with Gasteiger partial charge in [0.15, 0.2) is 0 Å².